The number of aryl methyl sites for hydroxylation is 3. The molecule has 1 aromatic carbocycles. The molecule has 1 aromatic heterocycles. The number of carbonyl (C=O) groups is 1. The molecule has 21 heavy (non-hydrogen) atoms. The molecule has 0 unspecified atom stereocenters. The molecule has 0 aliphatic rings. The van der Waals surface area contributed by atoms with Crippen molar-refractivity contribution in [3.8, 4) is 0 Å². The molecule has 0 aliphatic heterocycles. The van der Waals surface area contributed by atoms with E-state index in [0.717, 1.165) is 10.7 Å². The van der Waals surface area contributed by atoms with Crippen LogP contribution in [0.1, 0.15) is 21.8 Å². The Morgan fingerprint density at radius 2 is 2.24 bits per heavy atom. The number of aromatic nitrogens is 1. The van der Waals surface area contributed by atoms with E-state index >= 15 is 0 Å². The molecule has 1 heterocycles. The van der Waals surface area contributed by atoms with Crippen molar-refractivity contribution in [1.82, 2.24) is 4.98 Å². The highest BCUT2D eigenvalue weighted by molar-refractivity contribution is 7.09. The minimum atomic E-state index is -0.501. The molecule has 4 nitrogen and oxygen atoms in total. The number of rotatable bonds is 6. The Kier molecular flexibility index (Phi) is 5.41. The van der Waals surface area contributed by atoms with Crippen LogP contribution in [0.3, 0.4) is 0 Å². The van der Waals surface area contributed by atoms with Crippen LogP contribution < -0.4 is 5.73 Å². The molecule has 0 spiro atoms. The maximum atomic E-state index is 14.0. The van der Waals surface area contributed by atoms with Gasteiger partial charge in [0.1, 0.15) is 12.4 Å². The highest BCUT2D eigenvalue weighted by Gasteiger charge is 2.07. The molecule has 2 rings (SSSR count). The van der Waals surface area contributed by atoms with Crippen molar-refractivity contribution in [1.29, 1.82) is 0 Å². The maximum Gasteiger partial charge on any atom is 0.320 e. The van der Waals surface area contributed by atoms with Crippen LogP contribution in [-0.4, -0.2) is 17.5 Å². The Bertz CT molecular complexity index is 628. The Balaban J connectivity index is 1.94. The quantitative estimate of drug-likeness (QED) is 0.832. The van der Waals surface area contributed by atoms with Crippen molar-refractivity contribution in [3.05, 3.63) is 51.2 Å². The van der Waals surface area contributed by atoms with Gasteiger partial charge in [-0.2, -0.15) is 0 Å². The van der Waals surface area contributed by atoms with Gasteiger partial charge in [-0.05, 0) is 37.0 Å². The lowest BCUT2D eigenvalue weighted by molar-refractivity contribution is -0.143. The van der Waals surface area contributed by atoms with Gasteiger partial charge in [-0.1, -0.05) is 12.1 Å². The summed E-state index contributed by atoms with van der Waals surface area (Å²) < 4.78 is 18.8. The van der Waals surface area contributed by atoms with Gasteiger partial charge in [0.25, 0.3) is 0 Å². The summed E-state index contributed by atoms with van der Waals surface area (Å²) in [4.78, 5) is 15.3. The first kappa shape index (κ1) is 15.6. The number of thiazole rings is 1. The fourth-order valence-electron chi connectivity index (χ4n) is 1.89. The molecular weight excluding hydrogens is 291 g/mol. The van der Waals surface area contributed by atoms with Gasteiger partial charge in [0, 0.05) is 5.38 Å². The minimum Gasteiger partial charge on any atom is -0.460 e. The molecule has 0 atom stereocenters. The van der Waals surface area contributed by atoms with E-state index in [-0.39, 0.29) is 19.0 Å². The zero-order valence-electron chi connectivity index (χ0n) is 11.8. The molecule has 112 valence electrons. The van der Waals surface area contributed by atoms with Crippen molar-refractivity contribution in [2.45, 2.75) is 26.4 Å². The first-order chi connectivity index (χ1) is 10.1. The van der Waals surface area contributed by atoms with Crippen LogP contribution >= 0.6 is 11.3 Å². The van der Waals surface area contributed by atoms with E-state index in [1.165, 1.54) is 6.07 Å². The van der Waals surface area contributed by atoms with Gasteiger partial charge in [0.15, 0.2) is 0 Å². The smallest absolute Gasteiger partial charge is 0.320 e. The summed E-state index contributed by atoms with van der Waals surface area (Å²) in [7, 11) is 0. The summed E-state index contributed by atoms with van der Waals surface area (Å²) >= 11 is 1.59. The van der Waals surface area contributed by atoms with Crippen LogP contribution in [0.4, 0.5) is 4.39 Å². The Hall–Kier alpha value is -1.79. The molecule has 0 saturated heterocycles. The second kappa shape index (κ2) is 7.28. The number of esters is 1. The van der Waals surface area contributed by atoms with Crippen LogP contribution in [0.5, 0.6) is 0 Å². The zero-order chi connectivity index (χ0) is 15.2. The van der Waals surface area contributed by atoms with E-state index in [4.69, 9.17) is 10.5 Å². The normalized spacial score (nSPS) is 10.6. The first-order valence-electron chi connectivity index (χ1n) is 6.62. The number of nitrogens with two attached hydrogens (primary N) is 1. The minimum absolute atomic E-state index is 0.0402. The predicted octanol–water partition coefficient (Wildman–Crippen LogP) is 2.38. The molecule has 2 aromatic rings. The third-order valence-electron chi connectivity index (χ3n) is 3.00. The monoisotopic (exact) mass is 308 g/mol. The van der Waals surface area contributed by atoms with Gasteiger partial charge < -0.3 is 10.5 Å². The van der Waals surface area contributed by atoms with E-state index in [9.17, 15) is 9.18 Å². The fraction of sp³-hybridized carbons (Fsp3) is 0.333. The van der Waals surface area contributed by atoms with E-state index < -0.39 is 5.97 Å². The average molecular weight is 308 g/mol. The SMILES string of the molecule is Cc1nc(CCc2ccc(COC(=O)CN)cc2F)cs1. The van der Waals surface area contributed by atoms with E-state index in [2.05, 4.69) is 4.98 Å². The largest absolute Gasteiger partial charge is 0.460 e. The number of benzene rings is 1. The van der Waals surface area contributed by atoms with Crippen molar-refractivity contribution in [2.75, 3.05) is 6.54 Å². The second-order valence-electron chi connectivity index (χ2n) is 4.65. The van der Waals surface area contributed by atoms with Crippen LogP contribution in [0.25, 0.3) is 0 Å². The summed E-state index contributed by atoms with van der Waals surface area (Å²) in [5.41, 5.74) is 7.36. The number of hydrogen-bond acceptors (Lipinski definition) is 5. The third kappa shape index (κ3) is 4.61. The van der Waals surface area contributed by atoms with Crippen LogP contribution in [0.15, 0.2) is 23.6 Å². The van der Waals surface area contributed by atoms with Crippen LogP contribution in [0.2, 0.25) is 0 Å². The molecule has 0 radical (unpaired) electrons. The second-order valence-corrected chi connectivity index (χ2v) is 5.71. The molecule has 0 aliphatic carbocycles. The molecule has 0 saturated carbocycles. The summed E-state index contributed by atoms with van der Waals surface area (Å²) in [6, 6.07) is 4.88. The molecule has 6 heteroatoms. The van der Waals surface area contributed by atoms with Crippen molar-refractivity contribution in [3.63, 3.8) is 0 Å². The number of carbonyl (C=O) groups excluding carboxylic acids is 1. The molecule has 0 fully saturated rings. The lowest BCUT2D eigenvalue weighted by Crippen LogP contribution is -2.16. The lowest BCUT2D eigenvalue weighted by atomic mass is 10.1. The fourth-order valence-corrected chi connectivity index (χ4v) is 2.54. The van der Waals surface area contributed by atoms with Crippen molar-refractivity contribution >= 4 is 17.3 Å². The number of hydrogen-bond donors (Lipinski definition) is 1. The summed E-state index contributed by atoms with van der Waals surface area (Å²) in [5.74, 6) is -0.790. The summed E-state index contributed by atoms with van der Waals surface area (Å²) in [5, 5.41) is 3.01. The molecular formula is C15H17FN2O2S. The van der Waals surface area contributed by atoms with Crippen molar-refractivity contribution < 1.29 is 13.9 Å². The van der Waals surface area contributed by atoms with E-state index in [1.54, 1.807) is 23.5 Å². The van der Waals surface area contributed by atoms with Crippen molar-refractivity contribution in [2.24, 2.45) is 5.73 Å². The third-order valence-corrected chi connectivity index (χ3v) is 3.82. The number of nitrogens with zero attached hydrogens (tertiary/aromatic N) is 1. The lowest BCUT2D eigenvalue weighted by Gasteiger charge is -2.06. The first-order valence-corrected chi connectivity index (χ1v) is 7.50. The number of halogens is 1. The standard InChI is InChI=1S/C15H17FN2O2S/c1-10-18-13(9-21-10)5-4-12-3-2-11(6-14(12)16)8-20-15(19)7-17/h2-3,6,9H,4-5,7-8,17H2,1H3. The van der Waals surface area contributed by atoms with Gasteiger partial charge in [-0.25, -0.2) is 9.37 Å². The summed E-state index contributed by atoms with van der Waals surface area (Å²) in [6.07, 6.45) is 1.31. The Labute approximate surface area is 126 Å². The van der Waals surface area contributed by atoms with Crippen LogP contribution in [-0.2, 0) is 29.0 Å². The topological polar surface area (TPSA) is 65.2 Å². The average Bonchev–Trinajstić information content (AvgIpc) is 2.89. The van der Waals surface area contributed by atoms with Gasteiger partial charge in [-0.15, -0.1) is 11.3 Å². The highest BCUT2D eigenvalue weighted by atomic mass is 32.1. The Morgan fingerprint density at radius 1 is 1.43 bits per heavy atom. The molecule has 0 bridgehead atoms. The van der Waals surface area contributed by atoms with Gasteiger partial charge in [-0.3, -0.25) is 4.79 Å². The van der Waals surface area contributed by atoms with Gasteiger partial charge >= 0.3 is 5.97 Å². The van der Waals surface area contributed by atoms with Gasteiger partial charge in [0.2, 0.25) is 0 Å². The van der Waals surface area contributed by atoms with Gasteiger partial charge in [0.05, 0.1) is 17.2 Å². The highest BCUT2D eigenvalue weighted by Crippen LogP contribution is 2.15. The van der Waals surface area contributed by atoms with E-state index in [1.807, 2.05) is 12.3 Å². The summed E-state index contributed by atoms with van der Waals surface area (Å²) in [6.45, 7) is 1.82. The molecule has 2 N–H and O–H groups in total. The predicted molar refractivity (Wildman–Crippen MR) is 79.5 cm³/mol. The zero-order valence-corrected chi connectivity index (χ0v) is 12.6. The molecule has 0 amide bonds. The number of ether oxygens (including phenoxy) is 1. The maximum absolute atomic E-state index is 14.0. The Morgan fingerprint density at radius 3 is 2.86 bits per heavy atom. The van der Waals surface area contributed by atoms with Crippen LogP contribution in [0, 0.1) is 12.7 Å². The van der Waals surface area contributed by atoms with E-state index in [0.29, 0.717) is 24.0 Å².